The number of nitrogens with zero attached hydrogens (tertiary/aromatic N) is 1. The molecule has 5 heteroatoms. The zero-order valence-electron chi connectivity index (χ0n) is 9.73. The summed E-state index contributed by atoms with van der Waals surface area (Å²) in [6.45, 7) is 1.90. The van der Waals surface area contributed by atoms with Crippen molar-refractivity contribution in [3.8, 4) is 11.6 Å². The van der Waals surface area contributed by atoms with Gasteiger partial charge in [0.05, 0.1) is 4.47 Å². The van der Waals surface area contributed by atoms with Crippen molar-refractivity contribution in [3.63, 3.8) is 0 Å². The Morgan fingerprint density at radius 3 is 2.72 bits per heavy atom. The van der Waals surface area contributed by atoms with E-state index in [0.29, 0.717) is 11.6 Å². The number of aromatic nitrogens is 1. The number of rotatable bonds is 3. The predicted molar refractivity (Wildman–Crippen MR) is 78.8 cm³/mol. The van der Waals surface area contributed by atoms with Crippen LogP contribution in [0.25, 0.3) is 0 Å². The minimum atomic E-state index is -0.122. The SMILES string of the molecule is CC(N)c1cccnc1Oc1ccc(Br)cc1Br. The van der Waals surface area contributed by atoms with Gasteiger partial charge in [0, 0.05) is 22.3 Å². The molecule has 2 aromatic rings. The van der Waals surface area contributed by atoms with Crippen molar-refractivity contribution in [2.45, 2.75) is 13.0 Å². The van der Waals surface area contributed by atoms with E-state index in [4.69, 9.17) is 10.5 Å². The molecule has 1 heterocycles. The largest absolute Gasteiger partial charge is 0.437 e. The highest BCUT2D eigenvalue weighted by Gasteiger charge is 2.11. The molecule has 18 heavy (non-hydrogen) atoms. The first-order valence-electron chi connectivity index (χ1n) is 5.41. The molecule has 0 radical (unpaired) electrons. The molecule has 2 rings (SSSR count). The molecule has 1 atom stereocenters. The Morgan fingerprint density at radius 2 is 2.06 bits per heavy atom. The first-order valence-corrected chi connectivity index (χ1v) is 7.00. The second kappa shape index (κ2) is 5.82. The summed E-state index contributed by atoms with van der Waals surface area (Å²) >= 11 is 6.85. The molecule has 1 unspecified atom stereocenters. The van der Waals surface area contributed by atoms with E-state index in [2.05, 4.69) is 36.8 Å². The second-order valence-corrected chi connectivity index (χ2v) is 5.63. The normalized spacial score (nSPS) is 12.2. The molecular weight excluding hydrogens is 360 g/mol. The molecule has 1 aromatic heterocycles. The minimum Gasteiger partial charge on any atom is -0.437 e. The maximum absolute atomic E-state index is 5.89. The Hall–Kier alpha value is -0.910. The van der Waals surface area contributed by atoms with Crippen LogP contribution in [-0.2, 0) is 0 Å². The number of pyridine rings is 1. The van der Waals surface area contributed by atoms with Crippen LogP contribution in [0.15, 0.2) is 45.5 Å². The number of hydrogen-bond donors (Lipinski definition) is 1. The summed E-state index contributed by atoms with van der Waals surface area (Å²) in [7, 11) is 0. The van der Waals surface area contributed by atoms with Gasteiger partial charge < -0.3 is 10.5 Å². The van der Waals surface area contributed by atoms with Gasteiger partial charge in [-0.2, -0.15) is 0 Å². The summed E-state index contributed by atoms with van der Waals surface area (Å²) in [5.41, 5.74) is 6.77. The third-order valence-corrected chi connectivity index (χ3v) is 3.50. The van der Waals surface area contributed by atoms with E-state index in [-0.39, 0.29) is 6.04 Å². The van der Waals surface area contributed by atoms with Gasteiger partial charge in [0.15, 0.2) is 0 Å². The van der Waals surface area contributed by atoms with Gasteiger partial charge in [0.25, 0.3) is 0 Å². The van der Waals surface area contributed by atoms with Gasteiger partial charge in [-0.3, -0.25) is 0 Å². The summed E-state index contributed by atoms with van der Waals surface area (Å²) in [4.78, 5) is 4.22. The van der Waals surface area contributed by atoms with E-state index in [1.54, 1.807) is 6.20 Å². The van der Waals surface area contributed by atoms with Crippen LogP contribution in [0.4, 0.5) is 0 Å². The summed E-state index contributed by atoms with van der Waals surface area (Å²) in [5.74, 6) is 1.24. The summed E-state index contributed by atoms with van der Waals surface area (Å²) in [6.07, 6.45) is 1.69. The standard InChI is InChI=1S/C13H12Br2N2O/c1-8(16)10-3-2-6-17-13(10)18-12-5-4-9(14)7-11(12)15/h2-8H,16H2,1H3. The van der Waals surface area contributed by atoms with E-state index in [0.717, 1.165) is 14.5 Å². The third kappa shape index (κ3) is 3.10. The summed E-state index contributed by atoms with van der Waals surface area (Å²) < 4.78 is 7.64. The van der Waals surface area contributed by atoms with E-state index >= 15 is 0 Å². The van der Waals surface area contributed by atoms with Crippen LogP contribution in [0.1, 0.15) is 18.5 Å². The zero-order valence-corrected chi connectivity index (χ0v) is 12.9. The van der Waals surface area contributed by atoms with E-state index in [9.17, 15) is 0 Å². The monoisotopic (exact) mass is 370 g/mol. The Bertz CT molecular complexity index is 558. The predicted octanol–water partition coefficient (Wildman–Crippen LogP) is 4.42. The Morgan fingerprint density at radius 1 is 1.28 bits per heavy atom. The lowest BCUT2D eigenvalue weighted by Crippen LogP contribution is -2.07. The van der Waals surface area contributed by atoms with Gasteiger partial charge >= 0.3 is 0 Å². The van der Waals surface area contributed by atoms with Crippen LogP contribution >= 0.6 is 31.9 Å². The lowest BCUT2D eigenvalue weighted by atomic mass is 10.1. The number of nitrogens with two attached hydrogens (primary N) is 1. The lowest BCUT2D eigenvalue weighted by Gasteiger charge is -2.13. The molecule has 0 aliphatic heterocycles. The lowest BCUT2D eigenvalue weighted by molar-refractivity contribution is 0.449. The molecule has 0 saturated carbocycles. The quantitative estimate of drug-likeness (QED) is 0.868. The number of halogens is 2. The van der Waals surface area contributed by atoms with Crippen LogP contribution in [0.2, 0.25) is 0 Å². The Balaban J connectivity index is 2.34. The number of ether oxygens (including phenoxy) is 1. The van der Waals surface area contributed by atoms with Gasteiger partial charge in [-0.25, -0.2) is 4.98 Å². The second-order valence-electron chi connectivity index (χ2n) is 3.86. The summed E-state index contributed by atoms with van der Waals surface area (Å²) in [6, 6.07) is 9.34. The third-order valence-electron chi connectivity index (χ3n) is 2.39. The topological polar surface area (TPSA) is 48.1 Å². The van der Waals surface area contributed by atoms with Crippen LogP contribution < -0.4 is 10.5 Å². The number of hydrogen-bond acceptors (Lipinski definition) is 3. The van der Waals surface area contributed by atoms with E-state index in [1.807, 2.05) is 37.3 Å². The molecule has 3 nitrogen and oxygen atoms in total. The van der Waals surface area contributed by atoms with Gasteiger partial charge in [-0.15, -0.1) is 0 Å². The van der Waals surface area contributed by atoms with Crippen molar-refractivity contribution in [1.29, 1.82) is 0 Å². The highest BCUT2D eigenvalue weighted by atomic mass is 79.9. The van der Waals surface area contributed by atoms with E-state index < -0.39 is 0 Å². The molecule has 0 aliphatic carbocycles. The zero-order chi connectivity index (χ0) is 13.1. The van der Waals surface area contributed by atoms with Crippen molar-refractivity contribution in [2.75, 3.05) is 0 Å². The van der Waals surface area contributed by atoms with Crippen molar-refractivity contribution in [3.05, 3.63) is 51.0 Å². The Labute approximate surface area is 123 Å². The molecule has 0 aliphatic rings. The van der Waals surface area contributed by atoms with Crippen LogP contribution in [0.3, 0.4) is 0 Å². The maximum atomic E-state index is 5.89. The molecule has 0 spiro atoms. The van der Waals surface area contributed by atoms with Gasteiger partial charge in [-0.05, 0) is 47.1 Å². The number of benzene rings is 1. The summed E-state index contributed by atoms with van der Waals surface area (Å²) in [5, 5.41) is 0. The van der Waals surface area contributed by atoms with Crippen molar-refractivity contribution < 1.29 is 4.74 Å². The van der Waals surface area contributed by atoms with Gasteiger partial charge in [0.1, 0.15) is 5.75 Å². The van der Waals surface area contributed by atoms with Crippen LogP contribution in [-0.4, -0.2) is 4.98 Å². The first-order chi connectivity index (χ1) is 8.58. The molecule has 94 valence electrons. The molecule has 1 aromatic carbocycles. The Kier molecular flexibility index (Phi) is 4.37. The smallest absolute Gasteiger partial charge is 0.224 e. The van der Waals surface area contributed by atoms with Crippen molar-refractivity contribution in [2.24, 2.45) is 5.73 Å². The van der Waals surface area contributed by atoms with E-state index in [1.165, 1.54) is 0 Å². The van der Waals surface area contributed by atoms with Crippen molar-refractivity contribution >= 4 is 31.9 Å². The average molecular weight is 372 g/mol. The van der Waals surface area contributed by atoms with Crippen molar-refractivity contribution in [1.82, 2.24) is 4.98 Å². The fraction of sp³-hybridized carbons (Fsp3) is 0.154. The van der Waals surface area contributed by atoms with Crippen LogP contribution in [0, 0.1) is 0 Å². The average Bonchev–Trinajstić information content (AvgIpc) is 2.33. The minimum absolute atomic E-state index is 0.122. The molecule has 2 N–H and O–H groups in total. The first kappa shape index (κ1) is 13.5. The highest BCUT2D eigenvalue weighted by Crippen LogP contribution is 2.33. The molecule has 0 fully saturated rings. The van der Waals surface area contributed by atoms with Gasteiger partial charge in [0.2, 0.25) is 5.88 Å². The molecular formula is C13H12Br2N2O. The molecule has 0 saturated heterocycles. The van der Waals surface area contributed by atoms with Crippen LogP contribution in [0.5, 0.6) is 11.6 Å². The molecule has 0 amide bonds. The fourth-order valence-corrected chi connectivity index (χ4v) is 2.63. The maximum Gasteiger partial charge on any atom is 0.224 e. The highest BCUT2D eigenvalue weighted by molar-refractivity contribution is 9.11. The molecule has 0 bridgehead atoms. The van der Waals surface area contributed by atoms with Gasteiger partial charge in [-0.1, -0.05) is 22.0 Å². The fourth-order valence-electron chi connectivity index (χ4n) is 1.50.